The summed E-state index contributed by atoms with van der Waals surface area (Å²) in [5, 5.41) is 1.94. The normalized spacial score (nSPS) is 16.6. The molecule has 4 rings (SSSR count). The molecule has 0 aliphatic carbocycles. The fraction of sp³-hybridized carbons (Fsp3) is 0.318. The molecule has 1 atom stereocenters. The van der Waals surface area contributed by atoms with E-state index in [1.807, 2.05) is 44.5 Å². The van der Waals surface area contributed by atoms with Crippen molar-refractivity contribution in [3.05, 3.63) is 76.4 Å². The molecule has 1 aliphatic rings. The molecule has 0 bridgehead atoms. The van der Waals surface area contributed by atoms with E-state index >= 15 is 0 Å². The largest absolute Gasteiger partial charge is 0.463 e. The summed E-state index contributed by atoms with van der Waals surface area (Å²) in [7, 11) is 2.01. The summed E-state index contributed by atoms with van der Waals surface area (Å²) in [5.74, 6) is -0.430. The van der Waals surface area contributed by atoms with Crippen molar-refractivity contribution < 1.29 is 9.53 Å². The summed E-state index contributed by atoms with van der Waals surface area (Å²) in [4.78, 5) is 32.3. The molecule has 8 heteroatoms. The summed E-state index contributed by atoms with van der Waals surface area (Å²) < 4.78 is 9.62. The Morgan fingerprint density at radius 1 is 1.33 bits per heavy atom. The molecule has 0 spiro atoms. The van der Waals surface area contributed by atoms with Crippen LogP contribution in [0, 0.1) is 13.8 Å². The molecule has 3 aromatic rings. The molecule has 3 aromatic heterocycles. The van der Waals surface area contributed by atoms with Gasteiger partial charge < -0.3 is 9.30 Å². The van der Waals surface area contributed by atoms with Gasteiger partial charge in [0.2, 0.25) is 0 Å². The van der Waals surface area contributed by atoms with Crippen LogP contribution in [-0.2, 0) is 16.6 Å². The second-order valence-electron chi connectivity index (χ2n) is 7.20. The van der Waals surface area contributed by atoms with Crippen LogP contribution in [0.2, 0.25) is 0 Å². The highest BCUT2D eigenvalue weighted by molar-refractivity contribution is 7.10. The Balaban J connectivity index is 1.96. The summed E-state index contributed by atoms with van der Waals surface area (Å²) in [6, 6.07) is 5.40. The Hall–Kier alpha value is -2.71. The number of allylic oxidation sites excluding steroid dienone is 1. The minimum Gasteiger partial charge on any atom is -0.463 e. The third kappa shape index (κ3) is 3.30. The zero-order valence-corrected chi connectivity index (χ0v) is 19.2. The van der Waals surface area contributed by atoms with Gasteiger partial charge in [-0.1, -0.05) is 17.4 Å². The van der Waals surface area contributed by atoms with Crippen LogP contribution < -0.4 is 14.9 Å². The molecule has 0 aromatic carbocycles. The van der Waals surface area contributed by atoms with E-state index in [1.165, 1.54) is 22.7 Å². The van der Waals surface area contributed by atoms with Crippen LogP contribution in [-0.4, -0.2) is 21.7 Å². The highest BCUT2D eigenvalue weighted by Crippen LogP contribution is 2.33. The average Bonchev–Trinajstić information content (AvgIpc) is 3.39. The van der Waals surface area contributed by atoms with Gasteiger partial charge in [-0.05, 0) is 56.8 Å². The van der Waals surface area contributed by atoms with E-state index in [-0.39, 0.29) is 12.2 Å². The molecule has 1 aliphatic heterocycles. The first kappa shape index (κ1) is 20.6. The lowest BCUT2D eigenvalue weighted by Gasteiger charge is -2.23. The molecule has 4 heterocycles. The van der Waals surface area contributed by atoms with Crippen molar-refractivity contribution in [1.82, 2.24) is 9.13 Å². The number of aryl methyl sites for hydroxylation is 1. The van der Waals surface area contributed by atoms with Crippen molar-refractivity contribution in [2.24, 2.45) is 12.0 Å². The number of thiophene rings is 1. The summed E-state index contributed by atoms with van der Waals surface area (Å²) in [5.41, 5.74) is 4.10. The van der Waals surface area contributed by atoms with Crippen molar-refractivity contribution in [1.29, 1.82) is 0 Å². The number of carbonyl (C=O) groups is 1. The van der Waals surface area contributed by atoms with Crippen molar-refractivity contribution in [2.45, 2.75) is 33.7 Å². The van der Waals surface area contributed by atoms with Gasteiger partial charge in [0, 0.05) is 23.3 Å². The predicted octanol–water partition coefficient (Wildman–Crippen LogP) is 2.82. The first-order chi connectivity index (χ1) is 14.3. The number of thiazole rings is 1. The van der Waals surface area contributed by atoms with E-state index in [0.717, 1.165) is 21.8 Å². The highest BCUT2D eigenvalue weighted by atomic mass is 32.1. The predicted molar refractivity (Wildman–Crippen MR) is 120 cm³/mol. The Bertz CT molecular complexity index is 1340. The fourth-order valence-electron chi connectivity index (χ4n) is 3.68. The lowest BCUT2D eigenvalue weighted by molar-refractivity contribution is -0.139. The van der Waals surface area contributed by atoms with Crippen LogP contribution in [0.4, 0.5) is 0 Å². The second kappa shape index (κ2) is 7.85. The zero-order valence-electron chi connectivity index (χ0n) is 17.6. The van der Waals surface area contributed by atoms with Gasteiger partial charge in [-0.15, -0.1) is 11.3 Å². The number of nitrogens with zero attached hydrogens (tertiary/aromatic N) is 3. The molecule has 0 saturated carbocycles. The van der Waals surface area contributed by atoms with Crippen molar-refractivity contribution in [3.8, 4) is 0 Å². The van der Waals surface area contributed by atoms with Gasteiger partial charge >= 0.3 is 5.97 Å². The number of hydrogen-bond donors (Lipinski definition) is 0. The number of fused-ring (bicyclic) bond motifs is 1. The maximum Gasteiger partial charge on any atom is 0.338 e. The number of carbonyl (C=O) groups excluding carboxylic acids is 1. The summed E-state index contributed by atoms with van der Waals surface area (Å²) in [6.45, 7) is 7.91. The Kier molecular flexibility index (Phi) is 5.38. The molecule has 0 unspecified atom stereocenters. The minimum atomic E-state index is -0.527. The van der Waals surface area contributed by atoms with Crippen LogP contribution in [0.15, 0.2) is 44.6 Å². The van der Waals surface area contributed by atoms with Crippen molar-refractivity contribution in [3.63, 3.8) is 0 Å². The molecule has 156 valence electrons. The number of aromatic nitrogens is 2. The zero-order chi connectivity index (χ0) is 21.6. The van der Waals surface area contributed by atoms with E-state index in [0.29, 0.717) is 20.6 Å². The standard InChI is InChI=1S/C22H23N3O3S2/c1-6-28-21(27)18-13(3)23-22-25(19(18)16-8-7-9-29-16)20(26)17(30-22)11-15-10-12(2)24(5)14(15)4/h7-11,19H,6H2,1-5H3/t19-/m1/s1. The molecule has 0 fully saturated rings. The van der Waals surface area contributed by atoms with Gasteiger partial charge in [0.05, 0.1) is 22.4 Å². The lowest BCUT2D eigenvalue weighted by Crippen LogP contribution is -2.39. The lowest BCUT2D eigenvalue weighted by atomic mass is 10.0. The molecular formula is C22H23N3O3S2. The van der Waals surface area contributed by atoms with Gasteiger partial charge in [-0.2, -0.15) is 0 Å². The third-order valence-electron chi connectivity index (χ3n) is 5.43. The van der Waals surface area contributed by atoms with E-state index in [4.69, 9.17) is 4.74 Å². The summed E-state index contributed by atoms with van der Waals surface area (Å²) >= 11 is 2.86. The quantitative estimate of drug-likeness (QED) is 0.585. The van der Waals surface area contributed by atoms with Crippen molar-refractivity contribution >= 4 is 34.7 Å². The number of hydrogen-bond acceptors (Lipinski definition) is 6. The molecular weight excluding hydrogens is 418 g/mol. The van der Waals surface area contributed by atoms with Gasteiger partial charge in [0.15, 0.2) is 4.80 Å². The van der Waals surface area contributed by atoms with Crippen LogP contribution in [0.3, 0.4) is 0 Å². The van der Waals surface area contributed by atoms with Gasteiger partial charge in [0.25, 0.3) is 5.56 Å². The topological polar surface area (TPSA) is 65.6 Å². The average molecular weight is 442 g/mol. The molecule has 6 nitrogen and oxygen atoms in total. The highest BCUT2D eigenvalue weighted by Gasteiger charge is 2.33. The van der Waals surface area contributed by atoms with Gasteiger partial charge in [-0.25, -0.2) is 9.79 Å². The van der Waals surface area contributed by atoms with Crippen molar-refractivity contribution in [2.75, 3.05) is 6.61 Å². The first-order valence-corrected chi connectivity index (χ1v) is 11.4. The van der Waals surface area contributed by atoms with E-state index in [1.54, 1.807) is 18.4 Å². The molecule has 30 heavy (non-hydrogen) atoms. The monoisotopic (exact) mass is 441 g/mol. The first-order valence-electron chi connectivity index (χ1n) is 9.69. The minimum absolute atomic E-state index is 0.146. The van der Waals surface area contributed by atoms with E-state index in [2.05, 4.69) is 15.6 Å². The van der Waals surface area contributed by atoms with E-state index < -0.39 is 12.0 Å². The number of ether oxygens (including phenoxy) is 1. The Labute approximate surface area is 182 Å². The maximum atomic E-state index is 13.5. The molecule has 0 N–H and O–H groups in total. The maximum absolute atomic E-state index is 13.5. The Morgan fingerprint density at radius 3 is 2.70 bits per heavy atom. The molecule has 0 saturated heterocycles. The second-order valence-corrected chi connectivity index (χ2v) is 9.19. The summed E-state index contributed by atoms with van der Waals surface area (Å²) in [6.07, 6.45) is 1.92. The third-order valence-corrected chi connectivity index (χ3v) is 7.34. The van der Waals surface area contributed by atoms with Crippen LogP contribution in [0.5, 0.6) is 0 Å². The van der Waals surface area contributed by atoms with Crippen LogP contribution in [0.25, 0.3) is 6.08 Å². The van der Waals surface area contributed by atoms with Gasteiger partial charge in [-0.3, -0.25) is 9.36 Å². The van der Waals surface area contributed by atoms with E-state index in [9.17, 15) is 9.59 Å². The number of esters is 1. The van der Waals surface area contributed by atoms with Gasteiger partial charge in [0.1, 0.15) is 6.04 Å². The van der Waals surface area contributed by atoms with Crippen LogP contribution >= 0.6 is 22.7 Å². The SMILES string of the molecule is CCOC(=O)C1=C(C)N=c2sc(=Cc3cc(C)n(C)c3C)c(=O)n2[C@@H]1c1cccs1. The molecule has 0 radical (unpaired) electrons. The fourth-order valence-corrected chi connectivity index (χ4v) is 5.54. The Morgan fingerprint density at radius 2 is 2.10 bits per heavy atom. The molecule has 0 amide bonds. The smallest absolute Gasteiger partial charge is 0.338 e. The van der Waals surface area contributed by atoms with Crippen LogP contribution in [0.1, 0.15) is 41.7 Å². The number of rotatable bonds is 4.